The number of amides is 1. The molecule has 57 valence electrons. The van der Waals surface area contributed by atoms with Gasteiger partial charge in [0.1, 0.15) is 0 Å². The first-order valence-corrected chi connectivity index (χ1v) is 6.32. The summed E-state index contributed by atoms with van der Waals surface area (Å²) in [6.45, 7) is 3.37. The molecule has 3 heteroatoms. The second kappa shape index (κ2) is 4.41. The van der Waals surface area contributed by atoms with Crippen LogP contribution in [-0.2, 0) is 30.9 Å². The van der Waals surface area contributed by atoms with Crippen LogP contribution < -0.4 is 8.39 Å². The standard InChI is InChI=1S/C9H8NO.Hg/c1-2-9(11)10-8-6-4-3-5-7-8;/h2,4-7H,1H2,(H,10,11);. The molecule has 0 aliphatic rings. The molecule has 12 heavy (non-hydrogen) atoms. The Bertz CT molecular complexity index is 292. The van der Waals surface area contributed by atoms with Crippen molar-refractivity contribution >= 4 is 14.7 Å². The van der Waals surface area contributed by atoms with Gasteiger partial charge in [0.25, 0.3) is 0 Å². The maximum atomic E-state index is 10.8. The van der Waals surface area contributed by atoms with Gasteiger partial charge >= 0.3 is 87.8 Å². The third-order valence-electron chi connectivity index (χ3n) is 1.41. The maximum absolute atomic E-state index is 10.8. The van der Waals surface area contributed by atoms with Crippen LogP contribution in [0.25, 0.3) is 0 Å². The van der Waals surface area contributed by atoms with Crippen molar-refractivity contribution in [1.29, 1.82) is 0 Å². The summed E-state index contributed by atoms with van der Waals surface area (Å²) in [7, 11) is 0. The molecule has 1 rings (SSSR count). The SMILES string of the molecule is C=CC(=O)Nc1cc[c]([Hg])cc1. The number of benzene rings is 1. The van der Waals surface area contributed by atoms with Crippen molar-refractivity contribution in [3.63, 3.8) is 0 Å². The zero-order valence-corrected chi connectivity index (χ0v) is 12.2. The average Bonchev–Trinajstić information content (AvgIpc) is 2.09. The van der Waals surface area contributed by atoms with Crippen LogP contribution >= 0.6 is 0 Å². The molecule has 0 unspecified atom stereocenters. The van der Waals surface area contributed by atoms with Crippen molar-refractivity contribution in [2.24, 2.45) is 0 Å². The molecule has 2 nitrogen and oxygen atoms in total. The quantitative estimate of drug-likeness (QED) is 0.628. The van der Waals surface area contributed by atoms with Gasteiger partial charge in [0, 0.05) is 0 Å². The minimum atomic E-state index is -0.166. The van der Waals surface area contributed by atoms with E-state index in [1.54, 1.807) is 0 Å². The molecule has 0 radical (unpaired) electrons. The van der Waals surface area contributed by atoms with Gasteiger partial charge in [-0.25, -0.2) is 0 Å². The molecule has 0 saturated heterocycles. The molecule has 0 aliphatic carbocycles. The summed E-state index contributed by atoms with van der Waals surface area (Å²) in [5.41, 5.74) is 0.828. The first-order chi connectivity index (χ1) is 5.72. The monoisotopic (exact) mass is 348 g/mol. The van der Waals surface area contributed by atoms with Crippen LogP contribution in [0.15, 0.2) is 36.9 Å². The van der Waals surface area contributed by atoms with E-state index in [4.69, 9.17) is 0 Å². The van der Waals surface area contributed by atoms with Gasteiger partial charge in [-0.3, -0.25) is 0 Å². The van der Waals surface area contributed by atoms with Crippen molar-refractivity contribution in [2.45, 2.75) is 0 Å². The molecule has 0 atom stereocenters. The summed E-state index contributed by atoms with van der Waals surface area (Å²) in [6.07, 6.45) is 1.26. The summed E-state index contributed by atoms with van der Waals surface area (Å²) in [5, 5.41) is 2.68. The van der Waals surface area contributed by atoms with E-state index in [2.05, 4.69) is 11.9 Å². The first kappa shape index (κ1) is 9.45. The van der Waals surface area contributed by atoms with E-state index in [1.165, 1.54) is 9.15 Å². The van der Waals surface area contributed by atoms with Crippen molar-refractivity contribution in [3.05, 3.63) is 36.9 Å². The van der Waals surface area contributed by atoms with Gasteiger partial charge in [-0.05, 0) is 0 Å². The van der Waals surface area contributed by atoms with Crippen LogP contribution in [0, 0.1) is 0 Å². The van der Waals surface area contributed by atoms with Gasteiger partial charge in [-0.2, -0.15) is 0 Å². The Kier molecular flexibility index (Phi) is 3.47. The predicted octanol–water partition coefficient (Wildman–Crippen LogP) is 0.983. The van der Waals surface area contributed by atoms with Crippen LogP contribution in [0.5, 0.6) is 0 Å². The summed E-state index contributed by atoms with van der Waals surface area (Å²) >= 11 is 0.654. The van der Waals surface area contributed by atoms with Gasteiger partial charge in [0.2, 0.25) is 0 Å². The third-order valence-corrected chi connectivity index (χ3v) is 3.24. The van der Waals surface area contributed by atoms with Crippen LogP contribution in [0.2, 0.25) is 0 Å². The summed E-state index contributed by atoms with van der Waals surface area (Å²) in [5.74, 6) is -0.166. The molecule has 1 amide bonds. The Morgan fingerprint density at radius 1 is 1.42 bits per heavy atom. The number of carbonyl (C=O) groups is 1. The fourth-order valence-corrected chi connectivity index (χ4v) is 1.70. The molecular formula is C9H8HgNO. The van der Waals surface area contributed by atoms with Crippen LogP contribution in [0.4, 0.5) is 5.69 Å². The summed E-state index contributed by atoms with van der Waals surface area (Å²) in [4.78, 5) is 10.8. The van der Waals surface area contributed by atoms with E-state index in [0.29, 0.717) is 26.1 Å². The van der Waals surface area contributed by atoms with E-state index >= 15 is 0 Å². The number of hydrogen-bond acceptors (Lipinski definition) is 1. The number of nitrogens with one attached hydrogen (secondary N) is 1. The molecule has 1 aromatic carbocycles. The summed E-state index contributed by atoms with van der Waals surface area (Å²) < 4.78 is 1.37. The van der Waals surface area contributed by atoms with Gasteiger partial charge in [-0.15, -0.1) is 0 Å². The fraction of sp³-hybridized carbons (Fsp3) is 0. The molecule has 0 bridgehead atoms. The van der Waals surface area contributed by atoms with Gasteiger partial charge in [0.05, 0.1) is 0 Å². The zero-order chi connectivity index (χ0) is 8.97. The zero-order valence-electron chi connectivity index (χ0n) is 6.71. The Hall–Kier alpha value is -0.635. The molecular weight excluding hydrogens is 339 g/mol. The third kappa shape index (κ3) is 2.78. The molecule has 1 aromatic rings. The normalized spacial score (nSPS) is 9.17. The second-order valence-electron chi connectivity index (χ2n) is 2.39. The van der Waals surface area contributed by atoms with E-state index in [-0.39, 0.29) is 5.91 Å². The van der Waals surface area contributed by atoms with Gasteiger partial charge in [0.15, 0.2) is 0 Å². The predicted molar refractivity (Wildman–Crippen MR) is 44.9 cm³/mol. The molecule has 0 fully saturated rings. The molecule has 0 aromatic heterocycles. The Balaban J connectivity index is 2.71. The van der Waals surface area contributed by atoms with Crippen molar-refractivity contribution < 1.29 is 30.9 Å². The second-order valence-corrected chi connectivity index (χ2v) is 5.56. The number of hydrogen-bond donors (Lipinski definition) is 1. The van der Waals surface area contributed by atoms with E-state index in [9.17, 15) is 4.79 Å². The number of carbonyl (C=O) groups excluding carboxylic acids is 1. The Morgan fingerprint density at radius 2 is 2.00 bits per heavy atom. The molecule has 0 saturated carbocycles. The van der Waals surface area contributed by atoms with E-state index in [0.717, 1.165) is 5.69 Å². The summed E-state index contributed by atoms with van der Waals surface area (Å²) in [6, 6.07) is 7.87. The van der Waals surface area contributed by atoms with Crippen LogP contribution in [0.1, 0.15) is 0 Å². The van der Waals surface area contributed by atoms with E-state index < -0.39 is 0 Å². The first-order valence-electron chi connectivity index (χ1n) is 3.58. The molecule has 0 aliphatic heterocycles. The van der Waals surface area contributed by atoms with Gasteiger partial charge < -0.3 is 0 Å². The number of rotatable bonds is 2. The molecule has 0 heterocycles. The van der Waals surface area contributed by atoms with E-state index in [1.807, 2.05) is 24.3 Å². The van der Waals surface area contributed by atoms with Gasteiger partial charge in [-0.1, -0.05) is 0 Å². The topological polar surface area (TPSA) is 29.1 Å². The van der Waals surface area contributed by atoms with Crippen molar-refractivity contribution in [3.8, 4) is 0 Å². The van der Waals surface area contributed by atoms with Crippen molar-refractivity contribution in [1.82, 2.24) is 0 Å². The van der Waals surface area contributed by atoms with Crippen LogP contribution in [0.3, 0.4) is 0 Å². The Morgan fingerprint density at radius 3 is 2.50 bits per heavy atom. The van der Waals surface area contributed by atoms with Crippen molar-refractivity contribution in [2.75, 3.05) is 5.32 Å². The molecule has 0 spiro atoms. The fourth-order valence-electron chi connectivity index (χ4n) is 0.781. The molecule has 1 N–H and O–H groups in total. The number of anilines is 1. The van der Waals surface area contributed by atoms with Crippen LogP contribution in [-0.4, -0.2) is 5.91 Å². The Labute approximate surface area is 87.6 Å². The average molecular weight is 347 g/mol. The minimum absolute atomic E-state index is 0.166.